The summed E-state index contributed by atoms with van der Waals surface area (Å²) in [7, 11) is 0. The second-order valence-corrected chi connectivity index (χ2v) is 6.06. The molecule has 0 aromatic rings. The number of carboxylic acid groups (broad SMARTS) is 1. The molecule has 5 heteroatoms. The lowest BCUT2D eigenvalue weighted by molar-refractivity contribution is -0.188. The maximum atomic E-state index is 10.5. The van der Waals surface area contributed by atoms with E-state index in [-0.39, 0.29) is 12.5 Å². The van der Waals surface area contributed by atoms with Crippen LogP contribution in [-0.4, -0.2) is 41.1 Å². The lowest BCUT2D eigenvalue weighted by atomic mass is 9.96. The lowest BCUT2D eigenvalue weighted by Gasteiger charge is -2.35. The molecule has 0 saturated carbocycles. The van der Waals surface area contributed by atoms with Crippen LogP contribution < -0.4 is 0 Å². The Morgan fingerprint density at radius 1 is 1.59 bits per heavy atom. The van der Waals surface area contributed by atoms with Gasteiger partial charge in [0.05, 0.1) is 12.7 Å². The van der Waals surface area contributed by atoms with E-state index in [4.69, 9.17) is 14.6 Å². The molecule has 0 amide bonds. The zero-order chi connectivity index (χ0) is 12.3. The van der Waals surface area contributed by atoms with Crippen LogP contribution in [0.2, 0.25) is 0 Å². The Hall–Kier alpha value is -0.260. The third-order valence-electron chi connectivity index (χ3n) is 3.54. The molecule has 2 fully saturated rings. The number of carbonyl (C=O) groups is 1. The summed E-state index contributed by atoms with van der Waals surface area (Å²) in [5, 5.41) is 8.65. The second-order valence-electron chi connectivity index (χ2n) is 4.91. The minimum atomic E-state index is -0.768. The fraction of sp³-hybridized carbons (Fsp3) is 0.917. The molecule has 1 N–H and O–H groups in total. The summed E-state index contributed by atoms with van der Waals surface area (Å²) in [5.41, 5.74) is 0. The minimum Gasteiger partial charge on any atom is -0.481 e. The van der Waals surface area contributed by atoms with Gasteiger partial charge in [-0.25, -0.2) is 0 Å². The molecule has 0 aromatic carbocycles. The quantitative estimate of drug-likeness (QED) is 0.839. The van der Waals surface area contributed by atoms with Crippen molar-refractivity contribution < 1.29 is 19.4 Å². The summed E-state index contributed by atoms with van der Waals surface area (Å²) in [6.07, 6.45) is 3.02. The molecule has 0 bridgehead atoms. The van der Waals surface area contributed by atoms with Crippen molar-refractivity contribution in [2.45, 2.75) is 44.5 Å². The highest BCUT2D eigenvalue weighted by molar-refractivity contribution is 7.99. The monoisotopic (exact) mass is 260 g/mol. The van der Waals surface area contributed by atoms with Gasteiger partial charge in [-0.2, -0.15) is 11.8 Å². The summed E-state index contributed by atoms with van der Waals surface area (Å²) in [6, 6.07) is 0. The molecule has 3 unspecified atom stereocenters. The van der Waals surface area contributed by atoms with Crippen LogP contribution in [0.1, 0.15) is 32.6 Å². The highest BCUT2D eigenvalue weighted by atomic mass is 32.2. The number of hydrogen-bond donors (Lipinski definition) is 1. The van der Waals surface area contributed by atoms with E-state index >= 15 is 0 Å². The first kappa shape index (κ1) is 13.2. The average Bonchev–Trinajstić information content (AvgIpc) is 2.71. The smallest absolute Gasteiger partial charge is 0.303 e. The van der Waals surface area contributed by atoms with E-state index in [0.717, 1.165) is 12.2 Å². The normalized spacial score (nSPS) is 38.2. The first-order valence-electron chi connectivity index (χ1n) is 6.21. The fourth-order valence-electron chi connectivity index (χ4n) is 2.45. The van der Waals surface area contributed by atoms with E-state index in [1.807, 2.05) is 18.7 Å². The Balaban J connectivity index is 1.84. The van der Waals surface area contributed by atoms with E-state index < -0.39 is 11.8 Å². The molecular weight excluding hydrogens is 240 g/mol. The van der Waals surface area contributed by atoms with E-state index in [9.17, 15) is 4.79 Å². The molecule has 4 nitrogen and oxygen atoms in total. The number of ether oxygens (including phenoxy) is 2. The molecule has 0 aromatic heterocycles. The number of hydrogen-bond acceptors (Lipinski definition) is 4. The maximum Gasteiger partial charge on any atom is 0.303 e. The molecule has 3 atom stereocenters. The molecule has 2 aliphatic heterocycles. The minimum absolute atomic E-state index is 0.0528. The van der Waals surface area contributed by atoms with Crippen LogP contribution >= 0.6 is 11.8 Å². The van der Waals surface area contributed by atoms with Crippen LogP contribution in [-0.2, 0) is 14.3 Å². The fourth-order valence-corrected chi connectivity index (χ4v) is 3.74. The number of rotatable bonds is 4. The molecule has 0 radical (unpaired) electrons. The predicted molar refractivity (Wildman–Crippen MR) is 66.1 cm³/mol. The molecule has 2 aliphatic rings. The topological polar surface area (TPSA) is 55.8 Å². The number of aliphatic carboxylic acids is 1. The highest BCUT2D eigenvalue weighted by Gasteiger charge is 2.44. The van der Waals surface area contributed by atoms with Crippen molar-refractivity contribution in [3.8, 4) is 0 Å². The highest BCUT2D eigenvalue weighted by Crippen LogP contribution is 2.39. The van der Waals surface area contributed by atoms with Crippen LogP contribution in [0, 0.1) is 5.92 Å². The molecule has 2 rings (SSSR count). The van der Waals surface area contributed by atoms with Crippen molar-refractivity contribution in [3.05, 3.63) is 0 Å². The molecule has 0 aliphatic carbocycles. The van der Waals surface area contributed by atoms with Gasteiger partial charge in [0, 0.05) is 18.1 Å². The Kier molecular flexibility index (Phi) is 4.33. The summed E-state index contributed by atoms with van der Waals surface area (Å²) >= 11 is 1.95. The summed E-state index contributed by atoms with van der Waals surface area (Å²) < 4.78 is 11.7. The van der Waals surface area contributed by atoms with Gasteiger partial charge in [0.1, 0.15) is 0 Å². The Labute approximate surface area is 106 Å². The maximum absolute atomic E-state index is 10.5. The SMILES string of the molecule is CC1(C2CCCSC2)OCC(CCC(=O)O)O1. The first-order chi connectivity index (χ1) is 8.10. The van der Waals surface area contributed by atoms with E-state index in [0.29, 0.717) is 18.9 Å². The Bertz CT molecular complexity index is 278. The zero-order valence-electron chi connectivity index (χ0n) is 10.2. The van der Waals surface area contributed by atoms with Gasteiger partial charge in [0.2, 0.25) is 0 Å². The van der Waals surface area contributed by atoms with Gasteiger partial charge in [0.25, 0.3) is 0 Å². The Morgan fingerprint density at radius 2 is 2.41 bits per heavy atom. The molecule has 0 spiro atoms. The van der Waals surface area contributed by atoms with Crippen LogP contribution in [0.4, 0.5) is 0 Å². The van der Waals surface area contributed by atoms with Crippen molar-refractivity contribution in [1.82, 2.24) is 0 Å². The van der Waals surface area contributed by atoms with Gasteiger partial charge < -0.3 is 14.6 Å². The summed E-state index contributed by atoms with van der Waals surface area (Å²) in [6.45, 7) is 2.54. The van der Waals surface area contributed by atoms with Crippen LogP contribution in [0.5, 0.6) is 0 Å². The van der Waals surface area contributed by atoms with Crippen molar-refractivity contribution in [2.24, 2.45) is 5.92 Å². The predicted octanol–water partition coefficient (Wildman–Crippen LogP) is 2.13. The van der Waals surface area contributed by atoms with E-state index in [1.165, 1.54) is 12.2 Å². The van der Waals surface area contributed by atoms with Crippen LogP contribution in [0.15, 0.2) is 0 Å². The van der Waals surface area contributed by atoms with Crippen molar-refractivity contribution in [3.63, 3.8) is 0 Å². The molecule has 17 heavy (non-hydrogen) atoms. The summed E-state index contributed by atoms with van der Waals surface area (Å²) in [4.78, 5) is 10.5. The van der Waals surface area contributed by atoms with Crippen molar-refractivity contribution in [2.75, 3.05) is 18.1 Å². The number of thioether (sulfide) groups is 1. The van der Waals surface area contributed by atoms with Gasteiger partial charge in [-0.15, -0.1) is 0 Å². The number of carboxylic acids is 1. The largest absolute Gasteiger partial charge is 0.481 e. The third-order valence-corrected chi connectivity index (χ3v) is 4.75. The van der Waals surface area contributed by atoms with Crippen molar-refractivity contribution in [1.29, 1.82) is 0 Å². The van der Waals surface area contributed by atoms with Crippen LogP contribution in [0.25, 0.3) is 0 Å². The zero-order valence-corrected chi connectivity index (χ0v) is 11.0. The van der Waals surface area contributed by atoms with Gasteiger partial charge >= 0.3 is 5.97 Å². The first-order valence-corrected chi connectivity index (χ1v) is 7.37. The Morgan fingerprint density at radius 3 is 3.06 bits per heavy atom. The second kappa shape index (κ2) is 5.59. The van der Waals surface area contributed by atoms with Crippen molar-refractivity contribution >= 4 is 17.7 Å². The van der Waals surface area contributed by atoms with Gasteiger partial charge in [0.15, 0.2) is 5.79 Å². The summed E-state index contributed by atoms with van der Waals surface area (Å²) in [5.74, 6) is 1.50. The van der Waals surface area contributed by atoms with Crippen LogP contribution in [0.3, 0.4) is 0 Å². The van der Waals surface area contributed by atoms with Gasteiger partial charge in [-0.3, -0.25) is 4.79 Å². The molecule has 2 saturated heterocycles. The molecular formula is C12H20O4S. The lowest BCUT2D eigenvalue weighted by Crippen LogP contribution is -2.39. The van der Waals surface area contributed by atoms with Gasteiger partial charge in [-0.05, 0) is 31.9 Å². The van der Waals surface area contributed by atoms with Gasteiger partial charge in [-0.1, -0.05) is 0 Å². The third kappa shape index (κ3) is 3.36. The van der Waals surface area contributed by atoms with E-state index in [2.05, 4.69) is 0 Å². The standard InChI is InChI=1S/C12H20O4S/c1-12(9-3-2-6-17-8-9)15-7-10(16-12)4-5-11(13)14/h9-10H,2-8H2,1H3,(H,13,14). The average molecular weight is 260 g/mol. The molecule has 98 valence electrons. The van der Waals surface area contributed by atoms with E-state index in [1.54, 1.807) is 0 Å². The molecule has 2 heterocycles.